The molecule has 75 valence electrons. The first-order valence-electron chi connectivity index (χ1n) is 3.98. The summed E-state index contributed by atoms with van der Waals surface area (Å²) in [5.41, 5.74) is 1.55. The van der Waals surface area contributed by atoms with Gasteiger partial charge in [0.05, 0.1) is 0 Å². The van der Waals surface area contributed by atoms with Crippen LogP contribution in [0.1, 0.15) is 20.3 Å². The predicted molar refractivity (Wildman–Crippen MR) is 62.9 cm³/mol. The Bertz CT molecular complexity index is 202. The van der Waals surface area contributed by atoms with Gasteiger partial charge in [-0.2, -0.15) is 0 Å². The van der Waals surface area contributed by atoms with E-state index in [2.05, 4.69) is 46.4 Å². The summed E-state index contributed by atoms with van der Waals surface area (Å²) in [7, 11) is 0. The molecule has 0 spiro atoms. The Balaban J connectivity index is 0. The summed E-state index contributed by atoms with van der Waals surface area (Å²) in [6, 6.07) is 0. The second kappa shape index (κ2) is 8.43. The number of hydrogen-bond acceptors (Lipinski definition) is 1. The second-order valence-electron chi connectivity index (χ2n) is 2.64. The summed E-state index contributed by atoms with van der Waals surface area (Å²) in [5.74, 6) is 1.21. The number of rotatable bonds is 3. The van der Waals surface area contributed by atoms with Crippen LogP contribution in [0.5, 0.6) is 0 Å². The van der Waals surface area contributed by atoms with Gasteiger partial charge in [0.15, 0.2) is 0 Å². The van der Waals surface area contributed by atoms with E-state index in [-0.39, 0.29) is 24.8 Å². The monoisotopic (exact) mass is 273 g/mol. The summed E-state index contributed by atoms with van der Waals surface area (Å²) < 4.78 is 1.55. The molecule has 1 unspecified atom stereocenters. The molecule has 0 saturated carbocycles. The maximum Gasteiger partial charge on any atom is -0.147 e. The summed E-state index contributed by atoms with van der Waals surface area (Å²) in [4.78, 5) is 0. The van der Waals surface area contributed by atoms with Gasteiger partial charge in [0.1, 0.15) is 0 Å². The van der Waals surface area contributed by atoms with Crippen molar-refractivity contribution in [1.29, 1.82) is 0 Å². The van der Waals surface area contributed by atoms with Crippen LogP contribution >= 0.6 is 36.6 Å². The molecular formula is C9H15Cl2STi. The largest absolute Gasteiger partial charge is 0.147 e. The van der Waals surface area contributed by atoms with Crippen molar-refractivity contribution in [3.63, 3.8) is 0 Å². The summed E-state index contributed by atoms with van der Waals surface area (Å²) >= 11 is 4.26. The molecule has 1 aliphatic carbocycles. The van der Waals surface area contributed by atoms with Crippen molar-refractivity contribution in [1.82, 2.24) is 0 Å². The van der Waals surface area contributed by atoms with Crippen molar-refractivity contribution < 1.29 is 20.4 Å². The van der Waals surface area contributed by atoms with Crippen LogP contribution in [0.15, 0.2) is 21.6 Å². The number of halogens is 2. The molecule has 1 aliphatic rings. The Morgan fingerprint density at radius 3 is 2.54 bits per heavy atom. The number of hydrogen-bond donors (Lipinski definition) is 0. The minimum Gasteiger partial charge on any atom is -0.147 e. The standard InChI is InChI=1S/C9H13S.2ClH.Ti/c1-3-10-8(2)9-6-4-5-7-9;;;/h4,6,8H,3,5H2,1-2H3;2*1H;. The molecule has 0 N–H and O–H groups in total. The SMILES string of the molecule is CCSC(C)C1=[C]([Ti])CC=C1.Cl.Cl. The molecule has 0 saturated heterocycles. The van der Waals surface area contributed by atoms with E-state index in [4.69, 9.17) is 0 Å². The Kier molecular flexibility index (Phi) is 10.7. The fraction of sp³-hybridized carbons (Fsp3) is 0.556. The minimum atomic E-state index is 0. The van der Waals surface area contributed by atoms with Gasteiger partial charge in [0, 0.05) is 0 Å². The average molecular weight is 274 g/mol. The first-order valence-corrected chi connectivity index (χ1v) is 5.81. The van der Waals surface area contributed by atoms with E-state index in [9.17, 15) is 0 Å². The Hall–Kier alpha value is 1.12. The topological polar surface area (TPSA) is 0 Å². The first kappa shape index (κ1) is 16.6. The zero-order chi connectivity index (χ0) is 8.27. The van der Waals surface area contributed by atoms with Crippen molar-refractivity contribution in [2.75, 3.05) is 5.75 Å². The van der Waals surface area contributed by atoms with E-state index in [0.29, 0.717) is 5.25 Å². The van der Waals surface area contributed by atoms with Gasteiger partial charge in [-0.15, -0.1) is 24.8 Å². The minimum absolute atomic E-state index is 0. The van der Waals surface area contributed by atoms with Crippen molar-refractivity contribution >= 4 is 36.6 Å². The zero-order valence-corrected chi connectivity index (χ0v) is 11.9. The molecule has 0 amide bonds. The van der Waals surface area contributed by atoms with Crippen molar-refractivity contribution in [3.8, 4) is 0 Å². The Morgan fingerprint density at radius 2 is 2.15 bits per heavy atom. The molecule has 0 aromatic rings. The Labute approximate surface area is 109 Å². The van der Waals surface area contributed by atoms with E-state index in [0.717, 1.165) is 0 Å². The fourth-order valence-corrected chi connectivity index (χ4v) is 2.96. The molecule has 4 heteroatoms. The van der Waals surface area contributed by atoms with Crippen LogP contribution in [0.25, 0.3) is 0 Å². The maximum atomic E-state index is 2.29. The molecule has 13 heavy (non-hydrogen) atoms. The molecule has 0 heterocycles. The van der Waals surface area contributed by atoms with Gasteiger partial charge in [0.2, 0.25) is 0 Å². The van der Waals surface area contributed by atoms with Crippen LogP contribution < -0.4 is 0 Å². The molecule has 1 rings (SSSR count). The van der Waals surface area contributed by atoms with Crippen LogP contribution in [0.4, 0.5) is 0 Å². The molecule has 0 fully saturated rings. The zero-order valence-electron chi connectivity index (χ0n) is 7.87. The van der Waals surface area contributed by atoms with Gasteiger partial charge >= 0.3 is 85.1 Å². The third-order valence-corrected chi connectivity index (χ3v) is 3.68. The smallest absolute Gasteiger partial charge is 0.147 e. The molecule has 0 aliphatic heterocycles. The third kappa shape index (κ3) is 4.94. The van der Waals surface area contributed by atoms with Gasteiger partial charge in [-0.3, -0.25) is 0 Å². The molecule has 1 atom stereocenters. The van der Waals surface area contributed by atoms with Gasteiger partial charge < -0.3 is 0 Å². The van der Waals surface area contributed by atoms with Crippen molar-refractivity contribution in [3.05, 3.63) is 21.6 Å². The molecular weight excluding hydrogens is 259 g/mol. The van der Waals surface area contributed by atoms with E-state index in [1.807, 2.05) is 11.8 Å². The predicted octanol–water partition coefficient (Wildman–Crippen LogP) is 3.73. The van der Waals surface area contributed by atoms with Crippen LogP contribution in [0.3, 0.4) is 0 Å². The van der Waals surface area contributed by atoms with E-state index in [1.54, 1.807) is 9.45 Å². The maximum absolute atomic E-state index is 2.29. The summed E-state index contributed by atoms with van der Waals surface area (Å²) in [6.07, 6.45) is 5.71. The third-order valence-electron chi connectivity index (χ3n) is 1.82. The fourth-order valence-electron chi connectivity index (χ4n) is 1.24. The van der Waals surface area contributed by atoms with Gasteiger partial charge in [-0.25, -0.2) is 0 Å². The van der Waals surface area contributed by atoms with Crippen LogP contribution in [-0.2, 0) is 20.4 Å². The van der Waals surface area contributed by atoms with Crippen molar-refractivity contribution in [2.24, 2.45) is 0 Å². The quantitative estimate of drug-likeness (QED) is 0.706. The number of allylic oxidation sites excluding steroid dienone is 3. The Morgan fingerprint density at radius 1 is 1.54 bits per heavy atom. The van der Waals surface area contributed by atoms with E-state index < -0.39 is 0 Å². The first-order chi connectivity index (χ1) is 5.25. The average Bonchev–Trinajstić information content (AvgIpc) is 2.36. The molecule has 0 nitrogen and oxygen atoms in total. The van der Waals surface area contributed by atoms with Gasteiger partial charge in [-0.1, -0.05) is 0 Å². The van der Waals surface area contributed by atoms with Gasteiger partial charge in [-0.05, 0) is 0 Å². The van der Waals surface area contributed by atoms with Gasteiger partial charge in [0.25, 0.3) is 0 Å². The normalized spacial score (nSPS) is 16.4. The molecule has 0 radical (unpaired) electrons. The van der Waals surface area contributed by atoms with E-state index in [1.165, 1.54) is 12.2 Å². The molecule has 0 bridgehead atoms. The summed E-state index contributed by atoms with van der Waals surface area (Å²) in [5, 5.41) is 0.693. The van der Waals surface area contributed by atoms with E-state index >= 15 is 0 Å². The summed E-state index contributed by atoms with van der Waals surface area (Å²) in [6.45, 7) is 4.51. The van der Waals surface area contributed by atoms with Crippen LogP contribution in [0.2, 0.25) is 0 Å². The molecule has 0 aromatic carbocycles. The van der Waals surface area contributed by atoms with Crippen molar-refractivity contribution in [2.45, 2.75) is 25.5 Å². The number of thioether (sulfide) groups is 1. The van der Waals surface area contributed by atoms with Crippen LogP contribution in [-0.4, -0.2) is 11.0 Å². The van der Waals surface area contributed by atoms with Crippen LogP contribution in [0, 0.1) is 0 Å². The second-order valence-corrected chi connectivity index (χ2v) is 5.20. The molecule has 0 aromatic heterocycles.